The van der Waals surface area contributed by atoms with Gasteiger partial charge in [-0.25, -0.2) is 9.69 Å². The third-order valence-corrected chi connectivity index (χ3v) is 8.54. The number of carboxylic acid groups (broad SMARTS) is 1. The Bertz CT molecular complexity index is 1800. The Hall–Kier alpha value is -5.44. The van der Waals surface area contributed by atoms with E-state index in [1.807, 2.05) is 48.5 Å². The lowest BCUT2D eigenvalue weighted by molar-refractivity contribution is -0.384. The van der Waals surface area contributed by atoms with E-state index < -0.39 is 45.9 Å². The number of nitrogens with zero attached hydrogens (tertiary/aromatic N) is 3. The van der Waals surface area contributed by atoms with Crippen LogP contribution in [0.4, 0.5) is 17.1 Å². The summed E-state index contributed by atoms with van der Waals surface area (Å²) in [6.45, 7) is 0. The summed E-state index contributed by atoms with van der Waals surface area (Å²) >= 11 is 0. The number of carboxylic acids is 1. The van der Waals surface area contributed by atoms with E-state index in [2.05, 4.69) is 4.99 Å². The summed E-state index contributed by atoms with van der Waals surface area (Å²) < 4.78 is 0. The van der Waals surface area contributed by atoms with Crippen molar-refractivity contribution in [1.29, 1.82) is 0 Å². The number of nitro groups is 1. The van der Waals surface area contributed by atoms with Crippen molar-refractivity contribution in [2.45, 2.75) is 11.3 Å². The molecule has 0 aromatic heterocycles. The molecule has 41 heavy (non-hydrogen) atoms. The summed E-state index contributed by atoms with van der Waals surface area (Å²) in [6, 6.07) is 27.2. The summed E-state index contributed by atoms with van der Waals surface area (Å²) in [5.74, 6) is -4.44. The first-order chi connectivity index (χ1) is 19.9. The third kappa shape index (κ3) is 3.23. The van der Waals surface area contributed by atoms with Crippen molar-refractivity contribution in [3.05, 3.63) is 135 Å². The fraction of sp³-hybridized carbons (Fsp3) is 0.125. The van der Waals surface area contributed by atoms with Gasteiger partial charge in [-0.15, -0.1) is 0 Å². The van der Waals surface area contributed by atoms with Crippen molar-refractivity contribution >= 4 is 41.1 Å². The maximum atomic E-state index is 14.5. The van der Waals surface area contributed by atoms with Crippen molar-refractivity contribution in [1.82, 2.24) is 0 Å². The van der Waals surface area contributed by atoms with E-state index in [1.165, 1.54) is 24.3 Å². The Morgan fingerprint density at radius 1 is 0.854 bits per heavy atom. The van der Waals surface area contributed by atoms with E-state index in [4.69, 9.17) is 0 Å². The number of aromatic carboxylic acids is 1. The Kier molecular flexibility index (Phi) is 5.27. The number of anilines is 1. The fourth-order valence-corrected chi connectivity index (χ4v) is 7.03. The lowest BCUT2D eigenvalue weighted by Gasteiger charge is -2.52. The van der Waals surface area contributed by atoms with Gasteiger partial charge in [0, 0.05) is 18.2 Å². The Morgan fingerprint density at radius 2 is 1.44 bits per heavy atom. The fourth-order valence-electron chi connectivity index (χ4n) is 7.03. The number of amides is 2. The molecule has 0 spiro atoms. The summed E-state index contributed by atoms with van der Waals surface area (Å²) in [4.78, 5) is 57.6. The molecule has 9 nitrogen and oxygen atoms in total. The zero-order valence-electron chi connectivity index (χ0n) is 21.4. The van der Waals surface area contributed by atoms with Crippen LogP contribution in [-0.2, 0) is 15.0 Å². The second kappa shape index (κ2) is 8.79. The number of nitro benzene ring substituents is 1. The summed E-state index contributed by atoms with van der Waals surface area (Å²) in [6.07, 6.45) is 1.60. The van der Waals surface area contributed by atoms with Crippen molar-refractivity contribution in [3.63, 3.8) is 0 Å². The lowest BCUT2D eigenvalue weighted by Crippen LogP contribution is -2.54. The first-order valence-corrected chi connectivity index (χ1v) is 13.0. The minimum Gasteiger partial charge on any atom is -0.478 e. The minimum absolute atomic E-state index is 0.00173. The van der Waals surface area contributed by atoms with Crippen LogP contribution in [0.25, 0.3) is 0 Å². The van der Waals surface area contributed by atoms with Gasteiger partial charge in [0.2, 0.25) is 11.8 Å². The Labute approximate surface area is 233 Å². The molecule has 2 atom stereocenters. The SMILES string of the molecule is O=C(O)c1ccccc1N=CC12c3ccccc3C(c3ccccc31)C1C(=O)N(c3ccccc3[N+](=O)[O-])C(=O)C12. The van der Waals surface area contributed by atoms with Crippen LogP contribution in [0.15, 0.2) is 102 Å². The van der Waals surface area contributed by atoms with Gasteiger partial charge < -0.3 is 5.11 Å². The maximum absolute atomic E-state index is 14.5. The number of carbonyl (C=O) groups excluding carboxylic acids is 2. The van der Waals surface area contributed by atoms with Gasteiger partial charge in [0.25, 0.3) is 5.69 Å². The van der Waals surface area contributed by atoms with Crippen molar-refractivity contribution in [2.24, 2.45) is 16.8 Å². The van der Waals surface area contributed by atoms with E-state index in [-0.39, 0.29) is 22.6 Å². The van der Waals surface area contributed by atoms with Crippen LogP contribution in [0.2, 0.25) is 0 Å². The average molecular weight is 544 g/mol. The number of benzene rings is 4. The molecule has 1 fully saturated rings. The molecule has 8 rings (SSSR count). The maximum Gasteiger partial charge on any atom is 0.337 e. The number of para-hydroxylation sites is 3. The third-order valence-electron chi connectivity index (χ3n) is 8.54. The second-order valence-electron chi connectivity index (χ2n) is 10.4. The normalized spacial score (nSPS) is 23.8. The zero-order chi connectivity index (χ0) is 28.5. The molecule has 4 aromatic carbocycles. The topological polar surface area (TPSA) is 130 Å². The highest BCUT2D eigenvalue weighted by molar-refractivity contribution is 6.25. The summed E-state index contributed by atoms with van der Waals surface area (Å²) in [5.41, 5.74) is 1.90. The van der Waals surface area contributed by atoms with E-state index in [0.717, 1.165) is 27.2 Å². The number of imide groups is 1. The Morgan fingerprint density at radius 3 is 2.10 bits per heavy atom. The molecule has 0 saturated carbocycles. The first kappa shape index (κ1) is 24.6. The highest BCUT2D eigenvalue weighted by Gasteiger charge is 2.68. The monoisotopic (exact) mass is 543 g/mol. The number of hydrogen-bond acceptors (Lipinski definition) is 6. The van der Waals surface area contributed by atoms with Gasteiger partial charge in [-0.3, -0.25) is 24.7 Å². The van der Waals surface area contributed by atoms with Crippen LogP contribution in [0.5, 0.6) is 0 Å². The van der Waals surface area contributed by atoms with Crippen LogP contribution in [0.3, 0.4) is 0 Å². The van der Waals surface area contributed by atoms with Crippen LogP contribution in [0.1, 0.15) is 38.5 Å². The van der Waals surface area contributed by atoms with Gasteiger partial charge in [0.1, 0.15) is 5.69 Å². The van der Waals surface area contributed by atoms with E-state index in [1.54, 1.807) is 30.5 Å². The van der Waals surface area contributed by atoms with Gasteiger partial charge in [-0.05, 0) is 40.5 Å². The van der Waals surface area contributed by atoms with E-state index >= 15 is 0 Å². The van der Waals surface area contributed by atoms with Gasteiger partial charge >= 0.3 is 5.97 Å². The van der Waals surface area contributed by atoms with Crippen molar-refractivity contribution in [3.8, 4) is 0 Å². The molecule has 1 aliphatic heterocycles. The highest BCUT2D eigenvalue weighted by Crippen LogP contribution is 2.64. The van der Waals surface area contributed by atoms with Crippen LogP contribution >= 0.6 is 0 Å². The molecule has 3 aliphatic carbocycles. The second-order valence-corrected chi connectivity index (χ2v) is 10.4. The number of carbonyl (C=O) groups is 3. The van der Waals surface area contributed by atoms with Crippen molar-refractivity contribution < 1.29 is 24.4 Å². The molecule has 2 unspecified atom stereocenters. The largest absolute Gasteiger partial charge is 0.478 e. The molecule has 4 aromatic rings. The quantitative estimate of drug-likeness (QED) is 0.158. The Balaban J connectivity index is 1.51. The number of hydrogen-bond donors (Lipinski definition) is 1. The van der Waals surface area contributed by atoms with Gasteiger partial charge in [-0.1, -0.05) is 72.8 Å². The molecule has 200 valence electrons. The molecule has 2 amide bonds. The van der Waals surface area contributed by atoms with Gasteiger partial charge in [0.15, 0.2) is 0 Å². The van der Waals surface area contributed by atoms with E-state index in [0.29, 0.717) is 0 Å². The molecule has 1 heterocycles. The van der Waals surface area contributed by atoms with Gasteiger partial charge in [0.05, 0.1) is 33.4 Å². The molecular formula is C32H21N3O6. The standard InChI is InChI=1S/C32H21N3O6/c36-29-27-26-18-9-1-4-12-21(18)32(22-13-5-2-10-19(22)26,17-33-23-14-6-3-11-20(23)31(38)39)28(27)30(37)34(29)24-15-7-8-16-25(24)35(40)41/h1-17,26-28H,(H,38,39). The predicted octanol–water partition coefficient (Wildman–Crippen LogP) is 5.25. The minimum atomic E-state index is -1.23. The van der Waals surface area contributed by atoms with Crippen LogP contribution < -0.4 is 4.90 Å². The molecule has 4 aliphatic rings. The summed E-state index contributed by atoms with van der Waals surface area (Å²) in [5, 5.41) is 21.7. The predicted molar refractivity (Wildman–Crippen MR) is 150 cm³/mol. The number of aliphatic imine (C=N–C) groups is 1. The first-order valence-electron chi connectivity index (χ1n) is 13.0. The highest BCUT2D eigenvalue weighted by atomic mass is 16.6. The van der Waals surface area contributed by atoms with Crippen LogP contribution in [-0.4, -0.2) is 34.0 Å². The number of rotatable bonds is 5. The van der Waals surface area contributed by atoms with Crippen molar-refractivity contribution in [2.75, 3.05) is 4.90 Å². The van der Waals surface area contributed by atoms with Gasteiger partial charge in [-0.2, -0.15) is 0 Å². The molecule has 0 radical (unpaired) electrons. The molecule has 1 N–H and O–H groups in total. The smallest absolute Gasteiger partial charge is 0.337 e. The zero-order valence-corrected chi connectivity index (χ0v) is 21.4. The van der Waals surface area contributed by atoms with E-state index in [9.17, 15) is 29.6 Å². The molecule has 1 saturated heterocycles. The van der Waals surface area contributed by atoms with Crippen LogP contribution in [0, 0.1) is 22.0 Å². The summed E-state index contributed by atoms with van der Waals surface area (Å²) in [7, 11) is 0. The molecule has 9 heteroatoms. The lowest BCUT2D eigenvalue weighted by atomic mass is 9.47. The molecular weight excluding hydrogens is 522 g/mol. The average Bonchev–Trinajstić information content (AvgIpc) is 3.26. The molecule has 2 bridgehead atoms.